The summed E-state index contributed by atoms with van der Waals surface area (Å²) in [7, 11) is 0. The minimum Gasteiger partial charge on any atom is -0.397 e. The van der Waals surface area contributed by atoms with E-state index in [9.17, 15) is 0 Å². The van der Waals surface area contributed by atoms with Crippen molar-refractivity contribution >= 4 is 0 Å². The summed E-state index contributed by atoms with van der Waals surface area (Å²) in [4.78, 5) is 0. The second kappa shape index (κ2) is 7.32. The molecule has 0 amide bonds. The zero-order valence-electron chi connectivity index (χ0n) is 11.4. The Morgan fingerprint density at radius 3 is 1.62 bits per heavy atom. The van der Waals surface area contributed by atoms with Crippen LogP contribution < -0.4 is 0 Å². The lowest BCUT2D eigenvalue weighted by Gasteiger charge is -2.23. The van der Waals surface area contributed by atoms with Crippen LogP contribution in [0.4, 0.5) is 0 Å². The highest BCUT2D eigenvalue weighted by molar-refractivity contribution is 4.98. The second-order valence-electron chi connectivity index (χ2n) is 5.62. The van der Waals surface area contributed by atoms with Crippen LogP contribution in [0.5, 0.6) is 0 Å². The maximum Gasteiger partial charge on any atom is 0.0402 e. The summed E-state index contributed by atoms with van der Waals surface area (Å²) in [6, 6.07) is 0. The summed E-state index contributed by atoms with van der Waals surface area (Å²) in [6.45, 7) is 6.18. The van der Waals surface area contributed by atoms with Gasteiger partial charge >= 0.3 is 0 Å². The fourth-order valence-corrected chi connectivity index (χ4v) is 4.02. The molecule has 1 nitrogen and oxygen atoms in total. The number of aliphatic hydroxyl groups is 1. The summed E-state index contributed by atoms with van der Waals surface area (Å²) in [5, 5.41) is 7.57. The van der Waals surface area contributed by atoms with Crippen molar-refractivity contribution in [3.63, 3.8) is 0 Å². The molecule has 0 aliphatic heterocycles. The van der Waals surface area contributed by atoms with Gasteiger partial charge in [0.05, 0.1) is 0 Å². The normalized spacial score (nSPS) is 38.2. The lowest BCUT2D eigenvalue weighted by molar-refractivity contribution is 0.259. The van der Waals surface area contributed by atoms with Gasteiger partial charge in [-0.1, -0.05) is 26.7 Å². The molecule has 3 aliphatic carbocycles. The largest absolute Gasteiger partial charge is 0.397 e. The van der Waals surface area contributed by atoms with Crippen molar-refractivity contribution in [1.29, 1.82) is 0 Å². The van der Waals surface area contributed by atoms with Crippen LogP contribution in [0.3, 0.4) is 0 Å². The van der Waals surface area contributed by atoms with E-state index in [1.54, 1.807) is 45.4 Å². The van der Waals surface area contributed by atoms with Gasteiger partial charge in [0.15, 0.2) is 0 Å². The fraction of sp³-hybridized carbons (Fsp3) is 1.00. The molecule has 3 rings (SSSR count). The maximum atomic E-state index is 7.57. The zero-order valence-corrected chi connectivity index (χ0v) is 11.4. The minimum absolute atomic E-state index is 0.250. The molecule has 0 aromatic rings. The molecular formula is C15H30O. The van der Waals surface area contributed by atoms with Gasteiger partial charge in [-0.15, -0.1) is 0 Å². The van der Waals surface area contributed by atoms with Gasteiger partial charge < -0.3 is 5.11 Å². The van der Waals surface area contributed by atoms with Gasteiger partial charge in [0.1, 0.15) is 0 Å². The Kier molecular flexibility index (Phi) is 6.41. The van der Waals surface area contributed by atoms with Crippen LogP contribution in [-0.2, 0) is 0 Å². The number of rotatable bonds is 0. The van der Waals surface area contributed by atoms with E-state index in [0.29, 0.717) is 0 Å². The molecule has 1 heteroatoms. The molecule has 0 spiro atoms. The van der Waals surface area contributed by atoms with Crippen molar-refractivity contribution in [2.24, 2.45) is 23.7 Å². The number of aliphatic hydroxyl groups excluding tert-OH is 1. The van der Waals surface area contributed by atoms with Gasteiger partial charge in [-0.25, -0.2) is 0 Å². The summed E-state index contributed by atoms with van der Waals surface area (Å²) < 4.78 is 0. The van der Waals surface area contributed by atoms with Crippen molar-refractivity contribution < 1.29 is 5.11 Å². The van der Waals surface area contributed by atoms with Crippen molar-refractivity contribution in [2.45, 2.75) is 65.7 Å². The van der Waals surface area contributed by atoms with E-state index >= 15 is 0 Å². The Labute approximate surface area is 102 Å². The average Bonchev–Trinajstić information content (AvgIpc) is 2.94. The number of hydrogen-bond acceptors (Lipinski definition) is 1. The maximum absolute atomic E-state index is 7.57. The molecule has 0 aromatic heterocycles. The van der Waals surface area contributed by atoms with E-state index in [-0.39, 0.29) is 6.61 Å². The highest BCUT2D eigenvalue weighted by Gasteiger charge is 2.48. The molecule has 3 fully saturated rings. The molecule has 3 saturated carbocycles. The van der Waals surface area contributed by atoms with Crippen molar-refractivity contribution in [1.82, 2.24) is 0 Å². The van der Waals surface area contributed by atoms with Crippen LogP contribution in [-0.4, -0.2) is 11.7 Å². The Balaban J connectivity index is 0.000000185. The molecule has 0 aromatic carbocycles. The molecule has 2 bridgehead atoms. The van der Waals surface area contributed by atoms with Crippen LogP contribution >= 0.6 is 0 Å². The minimum atomic E-state index is 0.250. The topological polar surface area (TPSA) is 20.2 Å². The molecule has 0 heterocycles. The quantitative estimate of drug-likeness (QED) is 0.655. The van der Waals surface area contributed by atoms with Gasteiger partial charge in [0.25, 0.3) is 0 Å². The first kappa shape index (κ1) is 14.0. The Hall–Kier alpha value is -0.0400. The van der Waals surface area contributed by atoms with Crippen molar-refractivity contribution in [3.8, 4) is 0 Å². The third kappa shape index (κ3) is 3.23. The monoisotopic (exact) mass is 226 g/mol. The Morgan fingerprint density at radius 1 is 0.875 bits per heavy atom. The van der Waals surface area contributed by atoms with Crippen LogP contribution in [0.15, 0.2) is 0 Å². The SMILES string of the molecule is C1CC2C3CCC(C3)C2C1.CCC.CCO. The first-order valence-electron chi connectivity index (χ1n) is 7.39. The molecule has 0 saturated heterocycles. The van der Waals surface area contributed by atoms with Crippen LogP contribution in [0.1, 0.15) is 65.7 Å². The predicted molar refractivity (Wildman–Crippen MR) is 70.4 cm³/mol. The molecule has 4 atom stereocenters. The number of hydrogen-bond donors (Lipinski definition) is 1. The number of fused-ring (bicyclic) bond motifs is 5. The van der Waals surface area contributed by atoms with Crippen molar-refractivity contribution in [3.05, 3.63) is 0 Å². The van der Waals surface area contributed by atoms with Crippen LogP contribution in [0.25, 0.3) is 0 Å². The Bertz CT molecular complexity index is 160. The molecule has 1 N–H and O–H groups in total. The third-order valence-electron chi connectivity index (χ3n) is 4.35. The second-order valence-corrected chi connectivity index (χ2v) is 5.62. The van der Waals surface area contributed by atoms with Gasteiger partial charge in [0.2, 0.25) is 0 Å². The molecule has 0 radical (unpaired) electrons. The van der Waals surface area contributed by atoms with E-state index < -0.39 is 0 Å². The van der Waals surface area contributed by atoms with E-state index in [1.807, 2.05) is 0 Å². The Morgan fingerprint density at radius 2 is 1.25 bits per heavy atom. The van der Waals surface area contributed by atoms with E-state index in [2.05, 4.69) is 13.8 Å². The molecule has 16 heavy (non-hydrogen) atoms. The average molecular weight is 226 g/mol. The van der Waals surface area contributed by atoms with Gasteiger partial charge in [-0.2, -0.15) is 0 Å². The first-order chi connectivity index (χ1) is 7.78. The van der Waals surface area contributed by atoms with Crippen LogP contribution in [0, 0.1) is 23.7 Å². The molecular weight excluding hydrogens is 196 g/mol. The highest BCUT2D eigenvalue weighted by Crippen LogP contribution is 2.58. The third-order valence-corrected chi connectivity index (χ3v) is 4.35. The lowest BCUT2D eigenvalue weighted by atomic mass is 9.82. The van der Waals surface area contributed by atoms with Crippen molar-refractivity contribution in [2.75, 3.05) is 6.61 Å². The van der Waals surface area contributed by atoms with E-state index in [1.165, 1.54) is 30.1 Å². The summed E-state index contributed by atoms with van der Waals surface area (Å²) in [6.07, 6.45) is 10.8. The lowest BCUT2D eigenvalue weighted by Crippen LogP contribution is -2.15. The van der Waals surface area contributed by atoms with E-state index in [0.717, 1.165) is 0 Å². The smallest absolute Gasteiger partial charge is 0.0402 e. The van der Waals surface area contributed by atoms with E-state index in [4.69, 9.17) is 5.11 Å². The molecule has 96 valence electrons. The summed E-state index contributed by atoms with van der Waals surface area (Å²) >= 11 is 0. The summed E-state index contributed by atoms with van der Waals surface area (Å²) in [5.74, 6) is 4.80. The predicted octanol–water partition coefficient (Wildman–Crippen LogP) is 4.25. The molecule has 3 aliphatic rings. The highest BCUT2D eigenvalue weighted by atomic mass is 16.2. The van der Waals surface area contributed by atoms with Gasteiger partial charge in [-0.05, 0) is 62.7 Å². The molecule has 4 unspecified atom stereocenters. The zero-order chi connectivity index (χ0) is 12.0. The standard InChI is InChI=1S/C10H16.C3H8.C2H6O/c1-2-9-7-4-5-8(6-7)10(9)3-1;1-3-2;1-2-3/h7-10H,1-6H2;3H2,1-2H3;3H,2H2,1H3. The fourth-order valence-electron chi connectivity index (χ4n) is 4.02. The first-order valence-corrected chi connectivity index (χ1v) is 7.39. The van der Waals surface area contributed by atoms with Crippen LogP contribution in [0.2, 0.25) is 0 Å². The van der Waals surface area contributed by atoms with Gasteiger partial charge in [0, 0.05) is 6.61 Å². The van der Waals surface area contributed by atoms with Gasteiger partial charge in [-0.3, -0.25) is 0 Å². The summed E-state index contributed by atoms with van der Waals surface area (Å²) in [5.41, 5.74) is 0.